The van der Waals surface area contributed by atoms with Gasteiger partial charge >= 0.3 is 0 Å². The Balaban J connectivity index is 2.00. The van der Waals surface area contributed by atoms with E-state index in [1.54, 1.807) is 18.5 Å². The van der Waals surface area contributed by atoms with Gasteiger partial charge in [0.15, 0.2) is 5.03 Å². The second-order valence-corrected chi connectivity index (χ2v) is 6.41. The Kier molecular flexibility index (Phi) is 3.68. The second-order valence-electron chi connectivity index (χ2n) is 4.83. The minimum absolute atomic E-state index is 0.0590. The smallest absolute Gasteiger partial charge is 0.264 e. The van der Waals surface area contributed by atoms with Crippen LogP contribution < -0.4 is 0 Å². The lowest BCUT2D eigenvalue weighted by molar-refractivity contribution is 0.594. The maximum absolute atomic E-state index is 12.2. The lowest BCUT2D eigenvalue weighted by Crippen LogP contribution is -2.01. The molecular formula is C16H13N3O2S. The third kappa shape index (κ3) is 2.87. The number of pyridine rings is 2. The van der Waals surface area contributed by atoms with E-state index < -0.39 is 10.0 Å². The van der Waals surface area contributed by atoms with Gasteiger partial charge in [0.1, 0.15) is 0 Å². The summed E-state index contributed by atoms with van der Waals surface area (Å²) in [6.07, 6.45) is 6.24. The van der Waals surface area contributed by atoms with Crippen LogP contribution >= 0.6 is 0 Å². The van der Waals surface area contributed by atoms with E-state index in [0.717, 1.165) is 21.9 Å². The van der Waals surface area contributed by atoms with Crippen molar-refractivity contribution in [2.45, 2.75) is 11.9 Å². The first kappa shape index (κ1) is 14.3. The van der Waals surface area contributed by atoms with E-state index in [9.17, 15) is 8.42 Å². The molecule has 6 heteroatoms. The van der Waals surface area contributed by atoms with Crippen molar-refractivity contribution in [3.63, 3.8) is 0 Å². The normalized spacial score (nSPS) is 12.0. The van der Waals surface area contributed by atoms with Crippen LogP contribution in [0, 0.1) is 6.92 Å². The number of rotatable bonds is 3. The van der Waals surface area contributed by atoms with Crippen molar-refractivity contribution >= 4 is 27.0 Å². The SMILES string of the molecule is Cc1ccc(S(=O)(=O)/N=C/c2cccc3cnccc23)nc1. The highest BCUT2D eigenvalue weighted by molar-refractivity contribution is 7.90. The Morgan fingerprint density at radius 2 is 1.95 bits per heavy atom. The Bertz CT molecular complexity index is 943. The topological polar surface area (TPSA) is 72.3 Å². The molecular weight excluding hydrogens is 298 g/mol. The van der Waals surface area contributed by atoms with Crippen LogP contribution in [0.4, 0.5) is 0 Å². The molecule has 22 heavy (non-hydrogen) atoms. The lowest BCUT2D eigenvalue weighted by Gasteiger charge is -2.01. The molecule has 1 aromatic carbocycles. The van der Waals surface area contributed by atoms with Gasteiger partial charge in [-0.05, 0) is 30.0 Å². The average molecular weight is 311 g/mol. The highest BCUT2D eigenvalue weighted by Gasteiger charge is 2.13. The van der Waals surface area contributed by atoms with Crippen LogP contribution in [0.3, 0.4) is 0 Å². The van der Waals surface area contributed by atoms with E-state index in [4.69, 9.17) is 0 Å². The van der Waals surface area contributed by atoms with Crippen LogP contribution in [0.25, 0.3) is 10.8 Å². The Morgan fingerprint density at radius 1 is 1.09 bits per heavy atom. The molecule has 0 amide bonds. The van der Waals surface area contributed by atoms with Gasteiger partial charge in [-0.15, -0.1) is 0 Å². The average Bonchev–Trinajstić information content (AvgIpc) is 2.53. The van der Waals surface area contributed by atoms with E-state index in [0.29, 0.717) is 0 Å². The zero-order valence-electron chi connectivity index (χ0n) is 11.8. The van der Waals surface area contributed by atoms with Crippen LogP contribution in [0.2, 0.25) is 0 Å². The van der Waals surface area contributed by atoms with Gasteiger partial charge in [0.05, 0.1) is 0 Å². The fourth-order valence-corrected chi connectivity index (χ4v) is 2.83. The summed E-state index contributed by atoms with van der Waals surface area (Å²) < 4.78 is 28.1. The van der Waals surface area contributed by atoms with Crippen molar-refractivity contribution in [3.05, 3.63) is 66.1 Å². The standard InChI is InChI=1S/C16H13N3O2S/c1-12-5-6-16(18-9-12)22(20,21)19-11-14-4-2-3-13-10-17-8-7-15(13)14/h2-11H,1H3/b19-11+. The summed E-state index contributed by atoms with van der Waals surface area (Å²) in [4.78, 5) is 7.96. The molecule has 0 N–H and O–H groups in total. The number of benzene rings is 1. The Labute approximate surface area is 128 Å². The number of sulfonamides is 1. The molecule has 3 rings (SSSR count). The summed E-state index contributed by atoms with van der Waals surface area (Å²) in [6, 6.07) is 10.5. The molecule has 0 bridgehead atoms. The predicted octanol–water partition coefficient (Wildman–Crippen LogP) is 2.75. The molecule has 0 saturated carbocycles. The van der Waals surface area contributed by atoms with Gasteiger partial charge in [0.25, 0.3) is 10.0 Å². The van der Waals surface area contributed by atoms with Crippen molar-refractivity contribution in [2.75, 3.05) is 0 Å². The fourth-order valence-electron chi connectivity index (χ4n) is 2.05. The Hall–Kier alpha value is -2.60. The molecule has 0 spiro atoms. The molecule has 0 fully saturated rings. The van der Waals surface area contributed by atoms with Gasteiger partial charge in [-0.1, -0.05) is 24.3 Å². The third-order valence-corrected chi connectivity index (χ3v) is 4.35. The zero-order valence-corrected chi connectivity index (χ0v) is 12.7. The van der Waals surface area contributed by atoms with Crippen molar-refractivity contribution in [2.24, 2.45) is 4.40 Å². The van der Waals surface area contributed by atoms with Gasteiger partial charge in [0, 0.05) is 35.8 Å². The number of hydrogen-bond donors (Lipinski definition) is 0. The molecule has 0 aliphatic rings. The monoisotopic (exact) mass is 311 g/mol. The molecule has 0 aliphatic carbocycles. The van der Waals surface area contributed by atoms with E-state index >= 15 is 0 Å². The first-order chi connectivity index (χ1) is 10.6. The van der Waals surface area contributed by atoms with Crippen LogP contribution in [0.1, 0.15) is 11.1 Å². The molecule has 2 heterocycles. The predicted molar refractivity (Wildman–Crippen MR) is 85.5 cm³/mol. The summed E-state index contributed by atoms with van der Waals surface area (Å²) in [5.74, 6) is 0. The van der Waals surface area contributed by atoms with Crippen molar-refractivity contribution in [1.29, 1.82) is 0 Å². The van der Waals surface area contributed by atoms with E-state index in [1.165, 1.54) is 18.5 Å². The highest BCUT2D eigenvalue weighted by Crippen LogP contribution is 2.17. The number of fused-ring (bicyclic) bond motifs is 1. The summed E-state index contributed by atoms with van der Waals surface area (Å²) in [7, 11) is -3.80. The molecule has 0 unspecified atom stereocenters. The van der Waals surface area contributed by atoms with Crippen LogP contribution in [-0.4, -0.2) is 24.6 Å². The van der Waals surface area contributed by atoms with Crippen molar-refractivity contribution in [3.8, 4) is 0 Å². The molecule has 0 atom stereocenters. The Morgan fingerprint density at radius 3 is 2.73 bits per heavy atom. The van der Waals surface area contributed by atoms with Gasteiger partial charge in [-0.3, -0.25) is 4.98 Å². The quantitative estimate of drug-likeness (QED) is 0.697. The van der Waals surface area contributed by atoms with Crippen molar-refractivity contribution < 1.29 is 8.42 Å². The van der Waals surface area contributed by atoms with E-state index in [-0.39, 0.29) is 5.03 Å². The maximum atomic E-state index is 12.2. The summed E-state index contributed by atoms with van der Waals surface area (Å²) >= 11 is 0. The molecule has 3 aromatic rings. The summed E-state index contributed by atoms with van der Waals surface area (Å²) in [5, 5.41) is 1.77. The van der Waals surface area contributed by atoms with Crippen molar-refractivity contribution in [1.82, 2.24) is 9.97 Å². The largest absolute Gasteiger partial charge is 0.299 e. The molecule has 0 radical (unpaired) electrons. The van der Waals surface area contributed by atoms with Gasteiger partial charge in [-0.25, -0.2) is 4.98 Å². The maximum Gasteiger partial charge on any atom is 0.299 e. The van der Waals surface area contributed by atoms with Crippen LogP contribution in [0.15, 0.2) is 64.4 Å². The van der Waals surface area contributed by atoms with E-state index in [2.05, 4.69) is 14.4 Å². The second kappa shape index (κ2) is 5.65. The minimum Gasteiger partial charge on any atom is -0.264 e. The molecule has 0 saturated heterocycles. The van der Waals surface area contributed by atoms with Gasteiger partial charge in [-0.2, -0.15) is 12.8 Å². The summed E-state index contributed by atoms with van der Waals surface area (Å²) in [5.41, 5.74) is 1.61. The van der Waals surface area contributed by atoms with Gasteiger partial charge in [0.2, 0.25) is 0 Å². The van der Waals surface area contributed by atoms with Crippen LogP contribution in [-0.2, 0) is 10.0 Å². The highest BCUT2D eigenvalue weighted by atomic mass is 32.2. The minimum atomic E-state index is -3.80. The molecule has 110 valence electrons. The number of hydrogen-bond acceptors (Lipinski definition) is 4. The van der Waals surface area contributed by atoms with Gasteiger partial charge < -0.3 is 0 Å². The zero-order chi connectivity index (χ0) is 15.6. The van der Waals surface area contributed by atoms with Crippen LogP contribution in [0.5, 0.6) is 0 Å². The van der Waals surface area contributed by atoms with E-state index in [1.807, 2.05) is 31.2 Å². The number of aromatic nitrogens is 2. The lowest BCUT2D eigenvalue weighted by atomic mass is 10.1. The molecule has 0 aliphatic heterocycles. The number of nitrogens with zero attached hydrogens (tertiary/aromatic N) is 3. The fraction of sp³-hybridized carbons (Fsp3) is 0.0625. The molecule has 5 nitrogen and oxygen atoms in total. The first-order valence-electron chi connectivity index (χ1n) is 6.62. The number of aryl methyl sites for hydroxylation is 1. The first-order valence-corrected chi connectivity index (χ1v) is 8.06. The summed E-state index contributed by atoms with van der Waals surface area (Å²) in [6.45, 7) is 1.84. The molecule has 2 aromatic heterocycles. The third-order valence-electron chi connectivity index (χ3n) is 3.19.